The van der Waals surface area contributed by atoms with Gasteiger partial charge in [-0.1, -0.05) is 18.2 Å². The van der Waals surface area contributed by atoms with Gasteiger partial charge in [0.2, 0.25) is 0 Å². The third kappa shape index (κ3) is 8.48. The van der Waals surface area contributed by atoms with Crippen LogP contribution in [0.5, 0.6) is 0 Å². The molecule has 0 bridgehead atoms. The second kappa shape index (κ2) is 13.3. The Morgan fingerprint density at radius 3 is 2.58 bits per heavy atom. The molecule has 0 unspecified atom stereocenters. The Kier molecular flexibility index (Phi) is 11.4. The second-order valence-corrected chi connectivity index (χ2v) is 5.49. The van der Waals surface area contributed by atoms with E-state index in [1.807, 2.05) is 18.2 Å². The second-order valence-electron chi connectivity index (χ2n) is 5.49. The molecule has 2 rings (SSSR count). The van der Waals surface area contributed by atoms with E-state index >= 15 is 0 Å². The van der Waals surface area contributed by atoms with Crippen molar-refractivity contribution in [2.45, 2.75) is 20.0 Å². The Bertz CT molecular complexity index is 634. The minimum absolute atomic E-state index is 0. The van der Waals surface area contributed by atoms with Gasteiger partial charge < -0.3 is 20.7 Å². The third-order valence-electron chi connectivity index (χ3n) is 3.52. The van der Waals surface area contributed by atoms with Crippen LogP contribution in [0, 0.1) is 0 Å². The molecule has 1 heterocycles. The summed E-state index contributed by atoms with van der Waals surface area (Å²) in [4.78, 5) is 8.94. The molecule has 0 amide bonds. The van der Waals surface area contributed by atoms with Crippen LogP contribution in [0.3, 0.4) is 0 Å². The van der Waals surface area contributed by atoms with Crippen LogP contribution in [0.2, 0.25) is 0 Å². The van der Waals surface area contributed by atoms with E-state index in [0.717, 1.165) is 36.0 Å². The Balaban J connectivity index is 0.00000338. The fourth-order valence-electron chi connectivity index (χ4n) is 2.21. The van der Waals surface area contributed by atoms with Gasteiger partial charge in [-0.2, -0.15) is 0 Å². The van der Waals surface area contributed by atoms with Crippen molar-refractivity contribution in [2.75, 3.05) is 32.1 Å². The van der Waals surface area contributed by atoms with Gasteiger partial charge in [-0.3, -0.25) is 4.98 Å². The van der Waals surface area contributed by atoms with Crippen molar-refractivity contribution in [1.82, 2.24) is 15.6 Å². The van der Waals surface area contributed by atoms with Gasteiger partial charge in [-0.25, -0.2) is 4.99 Å². The fraction of sp³-hybridized carbons (Fsp3) is 0.368. The number of nitrogens with one attached hydrogen (secondary N) is 3. The summed E-state index contributed by atoms with van der Waals surface area (Å²) in [6, 6.07) is 14.2. The Morgan fingerprint density at radius 2 is 1.92 bits per heavy atom. The van der Waals surface area contributed by atoms with Crippen LogP contribution in [0.25, 0.3) is 0 Å². The monoisotopic (exact) mass is 469 g/mol. The number of ether oxygens (including phenoxy) is 1. The van der Waals surface area contributed by atoms with E-state index in [-0.39, 0.29) is 24.0 Å². The van der Waals surface area contributed by atoms with Crippen molar-refractivity contribution in [3.05, 3.63) is 59.9 Å². The largest absolute Gasteiger partial charge is 0.383 e. The molecule has 0 saturated carbocycles. The predicted octanol–water partition coefficient (Wildman–Crippen LogP) is 3.01. The molecule has 6 nitrogen and oxygen atoms in total. The zero-order valence-corrected chi connectivity index (χ0v) is 17.7. The first-order valence-corrected chi connectivity index (χ1v) is 8.55. The van der Waals surface area contributed by atoms with Gasteiger partial charge in [-0.15, -0.1) is 24.0 Å². The molecule has 26 heavy (non-hydrogen) atoms. The average Bonchev–Trinajstić information content (AvgIpc) is 2.66. The van der Waals surface area contributed by atoms with Crippen LogP contribution < -0.4 is 16.0 Å². The molecule has 0 aliphatic rings. The van der Waals surface area contributed by atoms with E-state index in [9.17, 15) is 0 Å². The number of aromatic nitrogens is 1. The number of rotatable bonds is 9. The third-order valence-corrected chi connectivity index (χ3v) is 3.52. The smallest absolute Gasteiger partial charge is 0.191 e. The molecule has 0 saturated heterocycles. The number of pyridine rings is 1. The number of aliphatic imine (C=N–C) groups is 1. The first kappa shape index (κ1) is 22.2. The molecule has 7 heteroatoms. The first-order chi connectivity index (χ1) is 12.3. The molecule has 142 valence electrons. The zero-order valence-electron chi connectivity index (χ0n) is 15.4. The molecule has 0 fully saturated rings. The molecule has 1 aromatic heterocycles. The lowest BCUT2D eigenvalue weighted by molar-refractivity contribution is 0.211. The standard InChI is InChI=1S/C19H27N5O.HI/c1-3-20-19(24-15-18-6-4-5-11-21-18)23-14-16-7-9-17(10-8-16)22-12-13-25-2;/h4-11,22H,3,12-15H2,1-2H3,(H2,20,23,24);1H. The van der Waals surface area contributed by atoms with Crippen LogP contribution in [-0.2, 0) is 17.8 Å². The molecular weight excluding hydrogens is 441 g/mol. The molecule has 0 atom stereocenters. The summed E-state index contributed by atoms with van der Waals surface area (Å²) in [5, 5.41) is 9.86. The van der Waals surface area contributed by atoms with E-state index in [1.165, 1.54) is 0 Å². The summed E-state index contributed by atoms with van der Waals surface area (Å²) >= 11 is 0. The maximum Gasteiger partial charge on any atom is 0.191 e. The summed E-state index contributed by atoms with van der Waals surface area (Å²) < 4.78 is 5.03. The van der Waals surface area contributed by atoms with E-state index in [0.29, 0.717) is 19.7 Å². The number of anilines is 1. The van der Waals surface area contributed by atoms with Gasteiger partial charge in [0.15, 0.2) is 5.96 Å². The number of benzene rings is 1. The van der Waals surface area contributed by atoms with Gasteiger partial charge in [-0.05, 0) is 36.8 Å². The van der Waals surface area contributed by atoms with Crippen molar-refractivity contribution in [3.8, 4) is 0 Å². The average molecular weight is 469 g/mol. The lowest BCUT2D eigenvalue weighted by atomic mass is 10.2. The maximum atomic E-state index is 5.03. The van der Waals surface area contributed by atoms with E-state index in [4.69, 9.17) is 4.74 Å². The SMILES string of the molecule is CCNC(=NCc1ccc(NCCOC)cc1)NCc1ccccn1.I. The quantitative estimate of drug-likeness (QED) is 0.228. The van der Waals surface area contributed by atoms with Gasteiger partial charge >= 0.3 is 0 Å². The molecule has 0 radical (unpaired) electrons. The van der Waals surface area contributed by atoms with Crippen molar-refractivity contribution in [1.29, 1.82) is 0 Å². The highest BCUT2D eigenvalue weighted by atomic mass is 127. The molecular formula is C19H28IN5O. The Morgan fingerprint density at radius 1 is 1.12 bits per heavy atom. The summed E-state index contributed by atoms with van der Waals surface area (Å²) in [5.41, 5.74) is 3.23. The number of hydrogen-bond donors (Lipinski definition) is 3. The number of halogens is 1. The van der Waals surface area contributed by atoms with Gasteiger partial charge in [0.05, 0.1) is 25.4 Å². The summed E-state index contributed by atoms with van der Waals surface area (Å²) in [5.74, 6) is 0.787. The molecule has 1 aromatic carbocycles. The van der Waals surface area contributed by atoms with Crippen LogP contribution in [0.1, 0.15) is 18.2 Å². The van der Waals surface area contributed by atoms with Crippen molar-refractivity contribution in [3.63, 3.8) is 0 Å². The number of nitrogens with zero attached hydrogens (tertiary/aromatic N) is 2. The highest BCUT2D eigenvalue weighted by Gasteiger charge is 1.99. The fourth-order valence-corrected chi connectivity index (χ4v) is 2.21. The predicted molar refractivity (Wildman–Crippen MR) is 118 cm³/mol. The highest BCUT2D eigenvalue weighted by Crippen LogP contribution is 2.10. The van der Waals surface area contributed by atoms with E-state index in [1.54, 1.807) is 13.3 Å². The number of methoxy groups -OCH3 is 1. The summed E-state index contributed by atoms with van der Waals surface area (Å²) in [6.45, 7) is 5.63. The minimum atomic E-state index is 0. The van der Waals surface area contributed by atoms with Crippen molar-refractivity contribution in [2.24, 2.45) is 4.99 Å². The molecule has 3 N–H and O–H groups in total. The lowest BCUT2D eigenvalue weighted by Gasteiger charge is -2.11. The zero-order chi connectivity index (χ0) is 17.7. The molecule has 0 aliphatic heterocycles. The summed E-state index contributed by atoms with van der Waals surface area (Å²) in [6.07, 6.45) is 1.79. The van der Waals surface area contributed by atoms with E-state index in [2.05, 4.69) is 57.1 Å². The number of hydrogen-bond acceptors (Lipinski definition) is 4. The van der Waals surface area contributed by atoms with Crippen LogP contribution in [0.15, 0.2) is 53.7 Å². The topological polar surface area (TPSA) is 70.6 Å². The molecule has 0 aliphatic carbocycles. The Labute approximate surface area is 172 Å². The first-order valence-electron chi connectivity index (χ1n) is 8.55. The van der Waals surface area contributed by atoms with Crippen molar-refractivity contribution >= 4 is 35.6 Å². The van der Waals surface area contributed by atoms with Gasteiger partial charge in [0.25, 0.3) is 0 Å². The molecule has 2 aromatic rings. The minimum Gasteiger partial charge on any atom is -0.383 e. The van der Waals surface area contributed by atoms with Crippen molar-refractivity contribution < 1.29 is 4.74 Å². The maximum absolute atomic E-state index is 5.03. The highest BCUT2D eigenvalue weighted by molar-refractivity contribution is 14.0. The summed E-state index contributed by atoms with van der Waals surface area (Å²) in [7, 11) is 1.70. The Hall–Kier alpha value is -1.87. The van der Waals surface area contributed by atoms with E-state index < -0.39 is 0 Å². The van der Waals surface area contributed by atoms with Crippen LogP contribution in [0.4, 0.5) is 5.69 Å². The van der Waals surface area contributed by atoms with Gasteiger partial charge in [0, 0.05) is 32.1 Å². The van der Waals surface area contributed by atoms with Crippen LogP contribution >= 0.6 is 24.0 Å². The number of guanidine groups is 1. The molecule has 0 spiro atoms. The van der Waals surface area contributed by atoms with Crippen LogP contribution in [-0.4, -0.2) is 37.7 Å². The van der Waals surface area contributed by atoms with Gasteiger partial charge in [0.1, 0.15) is 0 Å². The lowest BCUT2D eigenvalue weighted by Crippen LogP contribution is -2.36. The normalized spacial score (nSPS) is 10.8.